The topological polar surface area (TPSA) is 29.1 Å². The molecule has 2 nitrogen and oxygen atoms in total. The summed E-state index contributed by atoms with van der Waals surface area (Å²) in [4.78, 5) is 12.7. The summed E-state index contributed by atoms with van der Waals surface area (Å²) in [6.45, 7) is 11.8. The predicted molar refractivity (Wildman–Crippen MR) is 97.7 cm³/mol. The van der Waals surface area contributed by atoms with Crippen LogP contribution in [-0.2, 0) is 0 Å². The number of carbonyl (C=O) groups is 1. The van der Waals surface area contributed by atoms with Gasteiger partial charge >= 0.3 is 0 Å². The Balaban J connectivity index is 1.62. The molecule has 5 atom stereocenters. The lowest BCUT2D eigenvalue weighted by atomic mass is 9.65. The van der Waals surface area contributed by atoms with Crippen molar-refractivity contribution in [3.05, 3.63) is 48.0 Å². The van der Waals surface area contributed by atoms with Crippen LogP contribution in [0, 0.1) is 28.6 Å². The van der Waals surface area contributed by atoms with Gasteiger partial charge in [0, 0.05) is 5.56 Å². The monoisotopic (exact) mass is 323 g/mol. The van der Waals surface area contributed by atoms with Crippen LogP contribution in [0.1, 0.15) is 56.8 Å². The Morgan fingerprint density at radius 3 is 2.58 bits per heavy atom. The average Bonchev–Trinajstić information content (AvgIpc) is 2.97. The number of amides is 1. The van der Waals surface area contributed by atoms with Gasteiger partial charge < -0.3 is 5.32 Å². The van der Waals surface area contributed by atoms with E-state index < -0.39 is 0 Å². The molecule has 2 heteroatoms. The largest absolute Gasteiger partial charge is 0.346 e. The smallest absolute Gasteiger partial charge is 0.251 e. The molecule has 3 aliphatic carbocycles. The summed E-state index contributed by atoms with van der Waals surface area (Å²) in [6.07, 6.45) is 5.04. The first kappa shape index (κ1) is 15.9. The Labute approximate surface area is 145 Å². The third-order valence-corrected chi connectivity index (χ3v) is 7.76. The predicted octanol–water partition coefficient (Wildman–Crippen LogP) is 4.82. The normalized spacial score (nSPS) is 39.5. The third-order valence-electron chi connectivity index (χ3n) is 7.76. The summed E-state index contributed by atoms with van der Waals surface area (Å²) in [5.74, 6) is 2.12. The summed E-state index contributed by atoms with van der Waals surface area (Å²) >= 11 is 0. The summed E-state index contributed by atoms with van der Waals surface area (Å²) in [5, 5.41) is 3.31. The number of rotatable bonds is 2. The molecule has 24 heavy (non-hydrogen) atoms. The van der Waals surface area contributed by atoms with Gasteiger partial charge in [-0.3, -0.25) is 4.79 Å². The second-order valence-corrected chi connectivity index (χ2v) is 9.01. The fourth-order valence-electron chi connectivity index (χ4n) is 6.44. The van der Waals surface area contributed by atoms with Crippen LogP contribution in [-0.4, -0.2) is 11.9 Å². The minimum atomic E-state index is 0.0412. The summed E-state index contributed by atoms with van der Waals surface area (Å²) in [5.41, 5.74) is 2.73. The maximum Gasteiger partial charge on any atom is 0.251 e. The molecule has 1 aromatic rings. The molecule has 0 heterocycles. The molecule has 0 saturated heterocycles. The molecule has 1 amide bonds. The van der Waals surface area contributed by atoms with Crippen LogP contribution in [0.5, 0.6) is 0 Å². The molecule has 4 rings (SSSR count). The SMILES string of the molecule is C=C1[C@@H](NC(=O)c2ccccc2)C[C@@]23C[C@@H]1C(C)(C)[C@@H]2CC[C@H]3C. The van der Waals surface area contributed by atoms with E-state index in [4.69, 9.17) is 0 Å². The van der Waals surface area contributed by atoms with E-state index in [-0.39, 0.29) is 11.9 Å². The minimum Gasteiger partial charge on any atom is -0.346 e. The van der Waals surface area contributed by atoms with Crippen LogP contribution in [0.3, 0.4) is 0 Å². The summed E-state index contributed by atoms with van der Waals surface area (Å²) in [6, 6.07) is 9.69. The molecule has 128 valence electrons. The lowest BCUT2D eigenvalue weighted by Gasteiger charge is -2.42. The molecule has 1 aromatic carbocycles. The van der Waals surface area contributed by atoms with E-state index >= 15 is 0 Å². The molecule has 0 aliphatic heterocycles. The molecule has 3 fully saturated rings. The van der Waals surface area contributed by atoms with Crippen LogP contribution in [0.25, 0.3) is 0 Å². The standard InChI is InChI=1S/C22H29NO/c1-14-10-11-19-21(3,4)17-12-22(14,19)13-18(15(17)2)23-20(24)16-8-6-5-7-9-16/h5-9,14,17-19H,2,10-13H2,1,3-4H3,(H,23,24)/t14-,17+,18+,19+,22-/m1/s1. The van der Waals surface area contributed by atoms with E-state index in [0.717, 1.165) is 23.8 Å². The zero-order valence-corrected chi connectivity index (χ0v) is 15.1. The number of carbonyl (C=O) groups excluding carboxylic acids is 1. The van der Waals surface area contributed by atoms with Crippen molar-refractivity contribution in [2.24, 2.45) is 28.6 Å². The second-order valence-electron chi connectivity index (χ2n) is 9.01. The van der Waals surface area contributed by atoms with E-state index in [9.17, 15) is 4.79 Å². The summed E-state index contributed by atoms with van der Waals surface area (Å²) in [7, 11) is 0. The summed E-state index contributed by atoms with van der Waals surface area (Å²) < 4.78 is 0. The highest BCUT2D eigenvalue weighted by atomic mass is 16.1. The van der Waals surface area contributed by atoms with Crippen molar-refractivity contribution in [1.82, 2.24) is 5.32 Å². The van der Waals surface area contributed by atoms with Crippen molar-refractivity contribution in [3.63, 3.8) is 0 Å². The highest BCUT2D eigenvalue weighted by Crippen LogP contribution is 2.72. The van der Waals surface area contributed by atoms with E-state index in [2.05, 4.69) is 32.7 Å². The Morgan fingerprint density at radius 1 is 1.17 bits per heavy atom. The zero-order chi connectivity index (χ0) is 17.1. The molecule has 0 radical (unpaired) electrons. The van der Waals surface area contributed by atoms with Gasteiger partial charge in [-0.25, -0.2) is 0 Å². The Hall–Kier alpha value is -1.57. The van der Waals surface area contributed by atoms with Crippen molar-refractivity contribution in [2.75, 3.05) is 0 Å². The first-order valence-corrected chi connectivity index (χ1v) is 9.41. The molecule has 1 spiro atoms. The second kappa shape index (κ2) is 5.21. The lowest BCUT2D eigenvalue weighted by molar-refractivity contribution is 0.0860. The van der Waals surface area contributed by atoms with Gasteiger partial charge in [0.05, 0.1) is 6.04 Å². The van der Waals surface area contributed by atoms with E-state index in [1.54, 1.807) is 0 Å². The first-order chi connectivity index (χ1) is 11.4. The van der Waals surface area contributed by atoms with Gasteiger partial charge in [-0.05, 0) is 66.4 Å². The zero-order valence-electron chi connectivity index (χ0n) is 15.1. The molecule has 3 aliphatic rings. The van der Waals surface area contributed by atoms with Crippen LogP contribution in [0.2, 0.25) is 0 Å². The van der Waals surface area contributed by atoms with Crippen LogP contribution < -0.4 is 5.32 Å². The molecule has 2 bridgehead atoms. The van der Waals surface area contributed by atoms with Gasteiger partial charge in [0.2, 0.25) is 0 Å². The number of hydrogen-bond acceptors (Lipinski definition) is 1. The van der Waals surface area contributed by atoms with Gasteiger partial charge in [0.1, 0.15) is 0 Å². The van der Waals surface area contributed by atoms with Crippen LogP contribution >= 0.6 is 0 Å². The number of nitrogens with one attached hydrogen (secondary N) is 1. The van der Waals surface area contributed by atoms with Crippen molar-refractivity contribution in [3.8, 4) is 0 Å². The van der Waals surface area contributed by atoms with E-state index in [0.29, 0.717) is 16.7 Å². The Morgan fingerprint density at radius 2 is 1.88 bits per heavy atom. The van der Waals surface area contributed by atoms with Crippen molar-refractivity contribution in [2.45, 2.75) is 52.5 Å². The fourth-order valence-corrected chi connectivity index (χ4v) is 6.44. The number of hydrogen-bond donors (Lipinski definition) is 1. The third kappa shape index (κ3) is 2.04. The van der Waals surface area contributed by atoms with Crippen molar-refractivity contribution in [1.29, 1.82) is 0 Å². The lowest BCUT2D eigenvalue weighted by Crippen LogP contribution is -2.45. The van der Waals surface area contributed by atoms with E-state index in [1.165, 1.54) is 24.8 Å². The van der Waals surface area contributed by atoms with Gasteiger partial charge in [-0.15, -0.1) is 0 Å². The number of fused-ring (bicyclic) bond motifs is 1. The van der Waals surface area contributed by atoms with Gasteiger partial charge in [-0.1, -0.05) is 51.1 Å². The van der Waals surface area contributed by atoms with Gasteiger partial charge in [0.15, 0.2) is 0 Å². The van der Waals surface area contributed by atoms with Crippen molar-refractivity contribution < 1.29 is 4.79 Å². The first-order valence-electron chi connectivity index (χ1n) is 9.41. The highest BCUT2D eigenvalue weighted by Gasteiger charge is 2.65. The fraction of sp³-hybridized carbons (Fsp3) is 0.591. The van der Waals surface area contributed by atoms with Crippen LogP contribution in [0.15, 0.2) is 42.5 Å². The highest BCUT2D eigenvalue weighted by molar-refractivity contribution is 5.94. The quantitative estimate of drug-likeness (QED) is 0.777. The molecule has 0 unspecified atom stereocenters. The van der Waals surface area contributed by atoms with Gasteiger partial charge in [-0.2, -0.15) is 0 Å². The maximum absolute atomic E-state index is 12.7. The molecule has 0 aromatic heterocycles. The van der Waals surface area contributed by atoms with Crippen molar-refractivity contribution >= 4 is 5.91 Å². The molecule has 3 saturated carbocycles. The Kier molecular flexibility index (Phi) is 3.46. The van der Waals surface area contributed by atoms with E-state index in [1.807, 2.05) is 30.3 Å². The molecular formula is C22H29NO. The maximum atomic E-state index is 12.7. The minimum absolute atomic E-state index is 0.0412. The van der Waals surface area contributed by atoms with Crippen LogP contribution in [0.4, 0.5) is 0 Å². The Bertz CT molecular complexity index is 676. The molecular weight excluding hydrogens is 294 g/mol. The van der Waals surface area contributed by atoms with Gasteiger partial charge in [0.25, 0.3) is 5.91 Å². The average molecular weight is 323 g/mol. The number of benzene rings is 1. The molecule has 1 N–H and O–H groups in total.